The number of carboxylic acid groups (broad SMARTS) is 1. The number of benzene rings is 2. The van der Waals surface area contributed by atoms with Crippen LogP contribution in [0.1, 0.15) is 48.1 Å². The smallest absolute Gasteiger partial charge is 0.337 e. The van der Waals surface area contributed by atoms with Crippen LogP contribution in [-0.2, 0) is 0 Å². The lowest BCUT2D eigenvalue weighted by Gasteiger charge is -2.27. The molecule has 4 rings (SSSR count). The summed E-state index contributed by atoms with van der Waals surface area (Å²) in [5, 5.41) is 13.2. The fourth-order valence-corrected chi connectivity index (χ4v) is 3.90. The third kappa shape index (κ3) is 3.83. The molecule has 150 valence electrons. The summed E-state index contributed by atoms with van der Waals surface area (Å²) >= 11 is 0. The van der Waals surface area contributed by atoms with Crippen LogP contribution in [0.25, 0.3) is 11.0 Å². The molecule has 29 heavy (non-hydrogen) atoms. The van der Waals surface area contributed by atoms with Crippen LogP contribution in [0, 0.1) is 0 Å². The van der Waals surface area contributed by atoms with E-state index in [-0.39, 0.29) is 17.0 Å². The number of piperidine rings is 1. The largest absolute Gasteiger partial charge is 0.478 e. The molecular formula is C23H24N2O4. The minimum Gasteiger partial charge on any atom is -0.478 e. The summed E-state index contributed by atoms with van der Waals surface area (Å²) < 4.78 is 6.22. The topological polar surface area (TPSA) is 82.8 Å². The fourth-order valence-electron chi connectivity index (χ4n) is 3.90. The van der Waals surface area contributed by atoms with Crippen LogP contribution in [-0.4, -0.2) is 24.2 Å². The molecule has 2 heterocycles. The van der Waals surface area contributed by atoms with E-state index in [2.05, 4.69) is 10.2 Å². The van der Waals surface area contributed by atoms with Gasteiger partial charge in [0.15, 0.2) is 11.3 Å². The molecular weight excluding hydrogens is 368 g/mol. The first-order valence-corrected chi connectivity index (χ1v) is 9.95. The second-order valence-corrected chi connectivity index (χ2v) is 7.44. The van der Waals surface area contributed by atoms with Crippen molar-refractivity contribution < 1.29 is 14.3 Å². The van der Waals surface area contributed by atoms with Crippen LogP contribution in [0.5, 0.6) is 0 Å². The lowest BCUT2D eigenvalue weighted by Crippen LogP contribution is -2.30. The third-order valence-electron chi connectivity index (χ3n) is 5.44. The molecule has 0 radical (unpaired) electrons. The van der Waals surface area contributed by atoms with Crippen molar-refractivity contribution in [3.63, 3.8) is 0 Å². The summed E-state index contributed by atoms with van der Waals surface area (Å²) in [5.74, 6) is -0.384. The molecule has 1 aromatic heterocycles. The molecule has 0 amide bonds. The quantitative estimate of drug-likeness (QED) is 0.657. The van der Waals surface area contributed by atoms with Crippen molar-refractivity contribution in [2.75, 3.05) is 23.3 Å². The van der Waals surface area contributed by atoms with Gasteiger partial charge in [0.25, 0.3) is 0 Å². The van der Waals surface area contributed by atoms with E-state index < -0.39 is 5.97 Å². The third-order valence-corrected chi connectivity index (χ3v) is 5.44. The average Bonchev–Trinajstić information content (AvgIpc) is 2.74. The molecule has 0 saturated carbocycles. The molecule has 6 heteroatoms. The van der Waals surface area contributed by atoms with E-state index >= 15 is 0 Å². The molecule has 0 bridgehead atoms. The van der Waals surface area contributed by atoms with Crippen molar-refractivity contribution in [2.24, 2.45) is 0 Å². The number of carbonyl (C=O) groups is 1. The molecule has 6 nitrogen and oxygen atoms in total. The number of carboxylic acids is 1. The Labute approximate surface area is 168 Å². The number of aromatic carboxylic acids is 1. The van der Waals surface area contributed by atoms with Crippen LogP contribution >= 0.6 is 0 Å². The Kier molecular flexibility index (Phi) is 5.25. The predicted octanol–water partition coefficient (Wildman–Crippen LogP) is 4.65. The van der Waals surface area contributed by atoms with Gasteiger partial charge >= 0.3 is 5.97 Å². The highest BCUT2D eigenvalue weighted by molar-refractivity contribution is 5.94. The SMILES string of the molecule is CC(Nc1ccccc1C(=O)O)c1cccc2c(=O)cc(N3CCCCC3)oc12. The Hall–Kier alpha value is -3.28. The number of fused-ring (bicyclic) bond motifs is 1. The van der Waals surface area contributed by atoms with Crippen molar-refractivity contribution in [1.82, 2.24) is 0 Å². The summed E-state index contributed by atoms with van der Waals surface area (Å²) in [6.45, 7) is 3.70. The van der Waals surface area contributed by atoms with Gasteiger partial charge in [-0.1, -0.05) is 24.3 Å². The number of nitrogens with zero attached hydrogens (tertiary/aromatic N) is 1. The zero-order chi connectivity index (χ0) is 20.4. The highest BCUT2D eigenvalue weighted by atomic mass is 16.4. The summed E-state index contributed by atoms with van der Waals surface area (Å²) in [6.07, 6.45) is 3.38. The number of rotatable bonds is 5. The summed E-state index contributed by atoms with van der Waals surface area (Å²) in [7, 11) is 0. The molecule has 3 aromatic rings. The van der Waals surface area contributed by atoms with Gasteiger partial charge in [-0.25, -0.2) is 4.79 Å². The number of nitrogens with one attached hydrogen (secondary N) is 1. The second kappa shape index (κ2) is 7.99. The number of hydrogen-bond acceptors (Lipinski definition) is 5. The molecule has 0 spiro atoms. The Morgan fingerprint density at radius 2 is 1.86 bits per heavy atom. The molecule has 0 aliphatic carbocycles. The Bertz CT molecular complexity index is 1100. The van der Waals surface area contributed by atoms with Crippen molar-refractivity contribution in [1.29, 1.82) is 0 Å². The van der Waals surface area contributed by atoms with E-state index in [4.69, 9.17) is 4.42 Å². The molecule has 1 aliphatic heterocycles. The van der Waals surface area contributed by atoms with E-state index in [1.165, 1.54) is 6.42 Å². The summed E-state index contributed by atoms with van der Waals surface area (Å²) in [4.78, 5) is 26.4. The van der Waals surface area contributed by atoms with Crippen LogP contribution in [0.3, 0.4) is 0 Å². The minimum absolute atomic E-state index is 0.0631. The van der Waals surface area contributed by atoms with Crippen LogP contribution in [0.2, 0.25) is 0 Å². The lowest BCUT2D eigenvalue weighted by molar-refractivity contribution is 0.0698. The maximum atomic E-state index is 12.7. The summed E-state index contributed by atoms with van der Waals surface area (Å²) in [5.41, 5.74) is 2.04. The predicted molar refractivity (Wildman–Crippen MR) is 114 cm³/mol. The maximum absolute atomic E-state index is 12.7. The van der Waals surface area contributed by atoms with Crippen molar-refractivity contribution >= 4 is 28.5 Å². The van der Waals surface area contributed by atoms with Crippen molar-refractivity contribution in [3.8, 4) is 0 Å². The average molecular weight is 392 g/mol. The van der Waals surface area contributed by atoms with Crippen molar-refractivity contribution in [3.05, 3.63) is 69.9 Å². The molecule has 2 N–H and O–H groups in total. The first kappa shape index (κ1) is 19.1. The monoisotopic (exact) mass is 392 g/mol. The Balaban J connectivity index is 1.74. The summed E-state index contributed by atoms with van der Waals surface area (Å²) in [6, 6.07) is 13.6. The number of anilines is 2. The number of hydrogen-bond donors (Lipinski definition) is 2. The second-order valence-electron chi connectivity index (χ2n) is 7.44. The van der Waals surface area contributed by atoms with Crippen LogP contribution in [0.15, 0.2) is 57.7 Å². The highest BCUT2D eigenvalue weighted by Crippen LogP contribution is 2.30. The first-order valence-electron chi connectivity index (χ1n) is 9.95. The maximum Gasteiger partial charge on any atom is 0.337 e. The highest BCUT2D eigenvalue weighted by Gasteiger charge is 2.19. The van der Waals surface area contributed by atoms with E-state index in [0.717, 1.165) is 31.5 Å². The lowest BCUT2D eigenvalue weighted by atomic mass is 10.0. The molecule has 1 aliphatic rings. The van der Waals surface area contributed by atoms with Gasteiger partial charge < -0.3 is 19.7 Å². The molecule has 1 saturated heterocycles. The molecule has 2 aromatic carbocycles. The van der Waals surface area contributed by atoms with Gasteiger partial charge in [-0.3, -0.25) is 4.79 Å². The van der Waals surface area contributed by atoms with E-state index in [1.54, 1.807) is 36.4 Å². The van der Waals surface area contributed by atoms with Gasteiger partial charge in [0.05, 0.1) is 17.0 Å². The molecule has 1 fully saturated rings. The van der Waals surface area contributed by atoms with E-state index in [9.17, 15) is 14.7 Å². The first-order chi connectivity index (χ1) is 14.0. The normalized spacial score (nSPS) is 15.3. The standard InChI is InChI=1S/C23H24N2O4/c1-15(24-19-11-4-3-8-17(19)23(27)28)16-9-7-10-18-20(26)14-21(29-22(16)18)25-12-5-2-6-13-25/h3-4,7-11,14-15,24H,2,5-6,12-13H2,1H3,(H,27,28). The van der Waals surface area contributed by atoms with Crippen LogP contribution in [0.4, 0.5) is 11.6 Å². The Morgan fingerprint density at radius 3 is 2.62 bits per heavy atom. The van der Waals surface area contributed by atoms with Crippen molar-refractivity contribution in [2.45, 2.75) is 32.2 Å². The number of para-hydroxylation sites is 2. The molecule has 1 atom stereocenters. The van der Waals surface area contributed by atoms with E-state index in [0.29, 0.717) is 22.5 Å². The van der Waals surface area contributed by atoms with E-state index in [1.807, 2.05) is 19.1 Å². The van der Waals surface area contributed by atoms with Crippen LogP contribution < -0.4 is 15.6 Å². The zero-order valence-corrected chi connectivity index (χ0v) is 16.4. The Morgan fingerprint density at radius 1 is 1.10 bits per heavy atom. The van der Waals surface area contributed by atoms with Gasteiger partial charge in [0.1, 0.15) is 5.58 Å². The minimum atomic E-state index is -0.989. The molecule has 1 unspecified atom stereocenters. The van der Waals surface area contributed by atoms with Gasteiger partial charge in [-0.05, 0) is 44.4 Å². The zero-order valence-electron chi connectivity index (χ0n) is 16.4. The van der Waals surface area contributed by atoms with Gasteiger partial charge in [0, 0.05) is 30.4 Å². The van der Waals surface area contributed by atoms with Gasteiger partial charge in [-0.15, -0.1) is 0 Å². The fraction of sp³-hybridized carbons (Fsp3) is 0.304. The van der Waals surface area contributed by atoms with Gasteiger partial charge in [0.2, 0.25) is 0 Å². The van der Waals surface area contributed by atoms with Gasteiger partial charge in [-0.2, -0.15) is 0 Å².